The van der Waals surface area contributed by atoms with Gasteiger partial charge in [0.05, 0.1) is 12.6 Å². The largest absolute Gasteiger partial charge is 0.376 e. The maximum absolute atomic E-state index is 12.6. The number of hydrogen-bond donors (Lipinski definition) is 1. The van der Waals surface area contributed by atoms with Gasteiger partial charge in [0, 0.05) is 53.7 Å². The summed E-state index contributed by atoms with van der Waals surface area (Å²) in [6.07, 6.45) is 6.57. The number of fused-ring (bicyclic) bond motifs is 1. The second-order valence-corrected chi connectivity index (χ2v) is 10.2. The molecule has 2 aromatic heterocycles. The zero-order chi connectivity index (χ0) is 23.6. The Bertz CT molecular complexity index is 1320. The number of H-pyrrole nitrogens is 1. The van der Waals surface area contributed by atoms with Crippen LogP contribution in [-0.2, 0) is 17.0 Å². The minimum Gasteiger partial charge on any atom is -0.376 e. The predicted octanol–water partition coefficient (Wildman–Crippen LogP) is 5.13. The molecular weight excluding hydrogens is 458 g/mol. The summed E-state index contributed by atoms with van der Waals surface area (Å²) in [6, 6.07) is 16.3. The van der Waals surface area contributed by atoms with Crippen LogP contribution in [0.5, 0.6) is 0 Å². The SMILES string of the molecule is O=C(c1ccc(CSc2nnc(-c3c[nH]c4ccccc34)n2CC2CCCO2)cc1)N1CCCC1. The summed E-state index contributed by atoms with van der Waals surface area (Å²) in [5, 5.41) is 11.2. The molecule has 8 heteroatoms. The van der Waals surface area contributed by atoms with E-state index in [1.54, 1.807) is 11.8 Å². The molecule has 1 unspecified atom stereocenters. The van der Waals surface area contributed by atoms with Crippen LogP contribution >= 0.6 is 11.8 Å². The Morgan fingerprint density at radius 1 is 1.06 bits per heavy atom. The third-order valence-corrected chi connectivity index (χ3v) is 7.96. The van der Waals surface area contributed by atoms with E-state index in [0.29, 0.717) is 0 Å². The molecule has 180 valence electrons. The van der Waals surface area contributed by atoms with Crippen molar-refractivity contribution in [2.75, 3.05) is 19.7 Å². The summed E-state index contributed by atoms with van der Waals surface area (Å²) in [4.78, 5) is 17.9. The summed E-state index contributed by atoms with van der Waals surface area (Å²) in [7, 11) is 0. The van der Waals surface area contributed by atoms with Crippen LogP contribution in [0, 0.1) is 0 Å². The highest BCUT2D eigenvalue weighted by molar-refractivity contribution is 7.98. The lowest BCUT2D eigenvalue weighted by Gasteiger charge is -2.15. The van der Waals surface area contributed by atoms with Gasteiger partial charge in [-0.2, -0.15) is 0 Å². The Kier molecular flexibility index (Phi) is 6.31. The summed E-state index contributed by atoms with van der Waals surface area (Å²) in [6.45, 7) is 3.30. The number of carbonyl (C=O) groups excluding carboxylic acids is 1. The molecule has 2 saturated heterocycles. The molecule has 2 aromatic carbocycles. The maximum Gasteiger partial charge on any atom is 0.253 e. The van der Waals surface area contributed by atoms with Crippen molar-refractivity contribution in [3.05, 3.63) is 65.9 Å². The Balaban J connectivity index is 1.23. The molecule has 2 fully saturated rings. The van der Waals surface area contributed by atoms with Crippen molar-refractivity contribution in [2.24, 2.45) is 0 Å². The number of likely N-dealkylation sites (tertiary alicyclic amines) is 1. The Labute approximate surface area is 208 Å². The number of thioether (sulfide) groups is 1. The van der Waals surface area contributed by atoms with Crippen molar-refractivity contribution in [3.63, 3.8) is 0 Å². The highest BCUT2D eigenvalue weighted by Crippen LogP contribution is 2.32. The first-order valence-corrected chi connectivity index (χ1v) is 13.4. The maximum atomic E-state index is 12.6. The minimum absolute atomic E-state index is 0.140. The highest BCUT2D eigenvalue weighted by Gasteiger charge is 2.23. The summed E-state index contributed by atoms with van der Waals surface area (Å²) >= 11 is 1.67. The summed E-state index contributed by atoms with van der Waals surface area (Å²) in [5.74, 6) is 1.77. The molecule has 1 amide bonds. The number of nitrogens with zero attached hydrogens (tertiary/aromatic N) is 4. The number of para-hydroxylation sites is 1. The number of nitrogens with one attached hydrogen (secondary N) is 1. The molecule has 4 aromatic rings. The van der Waals surface area contributed by atoms with Crippen molar-refractivity contribution in [1.82, 2.24) is 24.6 Å². The van der Waals surface area contributed by atoms with Gasteiger partial charge in [-0.1, -0.05) is 42.1 Å². The van der Waals surface area contributed by atoms with Crippen molar-refractivity contribution in [2.45, 2.75) is 49.2 Å². The lowest BCUT2D eigenvalue weighted by Crippen LogP contribution is -2.27. The Hall–Kier alpha value is -3.10. The van der Waals surface area contributed by atoms with Crippen molar-refractivity contribution in [3.8, 4) is 11.4 Å². The minimum atomic E-state index is 0.140. The highest BCUT2D eigenvalue weighted by atomic mass is 32.2. The summed E-state index contributed by atoms with van der Waals surface area (Å²) in [5.41, 5.74) is 4.08. The molecule has 0 aliphatic carbocycles. The van der Waals surface area contributed by atoms with Gasteiger partial charge in [-0.15, -0.1) is 10.2 Å². The number of aromatic amines is 1. The number of amides is 1. The predicted molar refractivity (Wildman–Crippen MR) is 137 cm³/mol. The number of rotatable bonds is 7. The number of benzene rings is 2. The van der Waals surface area contributed by atoms with Gasteiger partial charge in [-0.3, -0.25) is 9.36 Å². The molecule has 2 aliphatic rings. The molecule has 7 nitrogen and oxygen atoms in total. The van der Waals surface area contributed by atoms with Crippen molar-refractivity contribution < 1.29 is 9.53 Å². The molecule has 6 rings (SSSR count). The van der Waals surface area contributed by atoms with Gasteiger partial charge >= 0.3 is 0 Å². The molecular formula is C27H29N5O2S. The fourth-order valence-electron chi connectivity index (χ4n) is 5.00. The first kappa shape index (κ1) is 22.4. The van der Waals surface area contributed by atoms with E-state index in [4.69, 9.17) is 4.74 Å². The van der Waals surface area contributed by atoms with E-state index in [1.165, 1.54) is 0 Å². The monoisotopic (exact) mass is 487 g/mol. The van der Waals surface area contributed by atoms with Crippen LogP contribution < -0.4 is 0 Å². The number of ether oxygens (including phenoxy) is 1. The van der Waals surface area contributed by atoms with Crippen LogP contribution in [0.25, 0.3) is 22.3 Å². The molecule has 35 heavy (non-hydrogen) atoms. The van der Waals surface area contributed by atoms with Crippen molar-refractivity contribution in [1.29, 1.82) is 0 Å². The van der Waals surface area contributed by atoms with Crippen LogP contribution in [0.4, 0.5) is 0 Å². The second-order valence-electron chi connectivity index (χ2n) is 9.28. The quantitative estimate of drug-likeness (QED) is 0.366. The average Bonchev–Trinajstić information content (AvgIpc) is 3.71. The average molecular weight is 488 g/mol. The van der Waals surface area contributed by atoms with Gasteiger partial charge in [-0.05, 0) is 49.4 Å². The zero-order valence-electron chi connectivity index (χ0n) is 19.7. The molecule has 0 bridgehead atoms. The molecule has 1 atom stereocenters. The topological polar surface area (TPSA) is 76.0 Å². The molecule has 1 N–H and O–H groups in total. The lowest BCUT2D eigenvalue weighted by atomic mass is 10.1. The van der Waals surface area contributed by atoms with Crippen LogP contribution in [0.3, 0.4) is 0 Å². The van der Waals surface area contributed by atoms with E-state index >= 15 is 0 Å². The molecule has 0 spiro atoms. The van der Waals surface area contributed by atoms with E-state index in [1.807, 2.05) is 35.4 Å². The van der Waals surface area contributed by atoms with Gasteiger partial charge in [0.25, 0.3) is 5.91 Å². The van der Waals surface area contributed by atoms with E-state index in [-0.39, 0.29) is 12.0 Å². The standard InChI is InChI=1S/C27H29N5O2S/c33-26(31-13-3-4-14-31)20-11-9-19(10-12-20)18-35-27-30-29-25(32(27)17-21-6-5-15-34-21)23-16-28-24-8-2-1-7-22(23)24/h1-2,7-12,16,21,28H,3-6,13-15,17-18H2. The van der Waals surface area contributed by atoms with Gasteiger partial charge < -0.3 is 14.6 Å². The van der Waals surface area contributed by atoms with E-state index in [0.717, 1.165) is 96.3 Å². The van der Waals surface area contributed by atoms with Crippen LogP contribution in [0.15, 0.2) is 59.9 Å². The first-order valence-electron chi connectivity index (χ1n) is 12.4. The molecule has 4 heterocycles. The van der Waals surface area contributed by atoms with Crippen LogP contribution in [0.1, 0.15) is 41.6 Å². The lowest BCUT2D eigenvalue weighted by molar-refractivity contribution is 0.0793. The third-order valence-electron chi connectivity index (χ3n) is 6.92. The van der Waals surface area contributed by atoms with Gasteiger partial charge in [0.2, 0.25) is 0 Å². The van der Waals surface area contributed by atoms with Gasteiger partial charge in [0.15, 0.2) is 11.0 Å². The van der Waals surface area contributed by atoms with E-state index < -0.39 is 0 Å². The number of hydrogen-bond acceptors (Lipinski definition) is 5. The Morgan fingerprint density at radius 2 is 1.89 bits per heavy atom. The normalized spacial score (nSPS) is 18.1. The smallest absolute Gasteiger partial charge is 0.253 e. The molecule has 0 saturated carbocycles. The number of carbonyl (C=O) groups is 1. The molecule has 0 radical (unpaired) electrons. The van der Waals surface area contributed by atoms with Gasteiger partial charge in [0.1, 0.15) is 0 Å². The number of aromatic nitrogens is 4. The van der Waals surface area contributed by atoms with Crippen LogP contribution in [0.2, 0.25) is 0 Å². The molecule has 2 aliphatic heterocycles. The first-order chi connectivity index (χ1) is 17.3. The fraction of sp³-hybridized carbons (Fsp3) is 0.370. The summed E-state index contributed by atoms with van der Waals surface area (Å²) < 4.78 is 8.16. The van der Waals surface area contributed by atoms with Gasteiger partial charge in [-0.25, -0.2) is 0 Å². The van der Waals surface area contributed by atoms with E-state index in [9.17, 15) is 4.79 Å². The zero-order valence-corrected chi connectivity index (χ0v) is 20.5. The fourth-order valence-corrected chi connectivity index (χ4v) is 5.91. The Morgan fingerprint density at radius 3 is 2.69 bits per heavy atom. The van der Waals surface area contributed by atoms with Crippen molar-refractivity contribution >= 4 is 28.6 Å². The van der Waals surface area contributed by atoms with E-state index in [2.05, 4.69) is 44.0 Å². The third kappa shape index (κ3) is 4.60. The second kappa shape index (κ2) is 9.87. The van der Waals surface area contributed by atoms with Crippen LogP contribution in [-0.4, -0.2) is 56.4 Å².